The van der Waals surface area contributed by atoms with Crippen LogP contribution in [-0.4, -0.2) is 22.2 Å². The van der Waals surface area contributed by atoms with Gasteiger partial charge in [0.2, 0.25) is 0 Å². The number of aliphatic carboxylic acids is 2. The van der Waals surface area contributed by atoms with Gasteiger partial charge in [0.25, 0.3) is 0 Å². The van der Waals surface area contributed by atoms with E-state index in [0.29, 0.717) is 12.8 Å². The monoisotopic (exact) mass is 411 g/mol. The predicted molar refractivity (Wildman–Crippen MR) is 63.2 cm³/mol. The summed E-state index contributed by atoms with van der Waals surface area (Å²) in [6, 6.07) is 0. The zero-order valence-corrected chi connectivity index (χ0v) is 16.2. The molecule has 0 aliphatic heterocycles. The fourth-order valence-electron chi connectivity index (χ4n) is 1.05. The van der Waals surface area contributed by atoms with E-state index in [1.807, 2.05) is 0 Å². The topological polar surface area (TPSA) is 74.6 Å². The number of rotatable bonds is 8. The number of carboxylic acids is 2. The SMILES string of the molecule is CCCCCCCC(=O)O.CC[CH-]C(=O)O.[Zr].[Zr]. The van der Waals surface area contributed by atoms with E-state index in [9.17, 15) is 9.59 Å². The largest absolute Gasteiger partial charge is 0.503 e. The van der Waals surface area contributed by atoms with Crippen LogP contribution in [0.5, 0.6) is 0 Å². The number of hydrogen-bond donors (Lipinski definition) is 2. The second-order valence-corrected chi connectivity index (χ2v) is 3.51. The fourth-order valence-corrected chi connectivity index (χ4v) is 1.05. The third kappa shape index (κ3) is 36.0. The van der Waals surface area contributed by atoms with Gasteiger partial charge in [-0.25, -0.2) is 0 Å². The molecular formula is C12H23O4Zr2-. The number of hydrogen-bond acceptors (Lipinski definition) is 2. The van der Waals surface area contributed by atoms with Crippen LogP contribution in [-0.2, 0) is 62.0 Å². The molecule has 0 aromatic rings. The molecule has 0 rings (SSSR count). The second-order valence-electron chi connectivity index (χ2n) is 3.51. The molecule has 0 amide bonds. The van der Waals surface area contributed by atoms with Gasteiger partial charge in [0.15, 0.2) is 5.97 Å². The minimum absolute atomic E-state index is 0. The van der Waals surface area contributed by atoms with Crippen LogP contribution in [0, 0.1) is 6.42 Å². The molecule has 0 fully saturated rings. The summed E-state index contributed by atoms with van der Waals surface area (Å²) in [4.78, 5) is 19.6. The van der Waals surface area contributed by atoms with E-state index in [4.69, 9.17) is 10.2 Å². The van der Waals surface area contributed by atoms with Gasteiger partial charge in [-0.15, -0.1) is 0 Å². The predicted octanol–water partition coefficient (Wildman–Crippen LogP) is 3.11. The van der Waals surface area contributed by atoms with Crippen molar-refractivity contribution >= 4 is 11.9 Å². The van der Waals surface area contributed by atoms with E-state index in [1.54, 1.807) is 6.92 Å². The van der Waals surface area contributed by atoms with E-state index in [-0.39, 0.29) is 52.4 Å². The van der Waals surface area contributed by atoms with Crippen molar-refractivity contribution in [3.8, 4) is 0 Å². The molecule has 0 atom stereocenters. The first kappa shape index (κ1) is 27.0. The maximum atomic E-state index is 10.0. The van der Waals surface area contributed by atoms with Crippen molar-refractivity contribution in [2.24, 2.45) is 0 Å². The minimum atomic E-state index is -0.836. The summed E-state index contributed by atoms with van der Waals surface area (Å²) in [7, 11) is 0. The van der Waals surface area contributed by atoms with Crippen LogP contribution in [0.4, 0.5) is 0 Å². The third-order valence-electron chi connectivity index (χ3n) is 1.87. The van der Waals surface area contributed by atoms with Gasteiger partial charge in [0, 0.05) is 58.8 Å². The van der Waals surface area contributed by atoms with Gasteiger partial charge in [-0.2, -0.15) is 6.42 Å². The summed E-state index contributed by atoms with van der Waals surface area (Å²) < 4.78 is 0. The van der Waals surface area contributed by atoms with Crippen molar-refractivity contribution < 1.29 is 72.2 Å². The Labute approximate surface area is 148 Å². The van der Waals surface area contributed by atoms with Gasteiger partial charge in [-0.1, -0.05) is 39.5 Å². The molecule has 0 aliphatic rings. The maximum Gasteiger partial charge on any atom is 0.303 e. The number of carboxylic acid groups (broad SMARTS) is 2. The Morgan fingerprint density at radius 2 is 1.44 bits per heavy atom. The molecule has 2 N–H and O–H groups in total. The number of unbranched alkanes of at least 4 members (excludes halogenated alkanes) is 4. The van der Waals surface area contributed by atoms with E-state index >= 15 is 0 Å². The molecule has 0 aliphatic carbocycles. The Hall–Kier alpha value is 0.576. The fraction of sp³-hybridized carbons (Fsp3) is 0.750. The quantitative estimate of drug-likeness (QED) is 0.473. The molecule has 4 nitrogen and oxygen atoms in total. The maximum absolute atomic E-state index is 10.0. The van der Waals surface area contributed by atoms with Gasteiger partial charge in [0.05, 0.1) is 0 Å². The summed E-state index contributed by atoms with van der Waals surface area (Å²) in [6.07, 6.45) is 7.70. The van der Waals surface area contributed by atoms with Crippen LogP contribution in [0.15, 0.2) is 0 Å². The molecule has 0 unspecified atom stereocenters. The van der Waals surface area contributed by atoms with Crippen LogP contribution in [0.25, 0.3) is 0 Å². The van der Waals surface area contributed by atoms with Crippen LogP contribution < -0.4 is 0 Å². The Balaban J connectivity index is -0.000000108. The Morgan fingerprint density at radius 3 is 1.72 bits per heavy atom. The summed E-state index contributed by atoms with van der Waals surface area (Å²) in [5, 5.41) is 16.1. The van der Waals surface area contributed by atoms with Gasteiger partial charge in [-0.3, -0.25) is 16.0 Å². The normalized spacial score (nSPS) is 7.89. The first-order valence-electron chi connectivity index (χ1n) is 5.82. The van der Waals surface area contributed by atoms with Crippen molar-refractivity contribution in [2.75, 3.05) is 0 Å². The summed E-state index contributed by atoms with van der Waals surface area (Å²) in [5.74, 6) is -1.51. The Bertz CT molecular complexity index is 187. The van der Waals surface area contributed by atoms with E-state index in [1.165, 1.54) is 25.7 Å². The molecule has 0 radical (unpaired) electrons. The standard InChI is InChI=1S/C8H16O2.C4H7O2.2Zr/c1-2-3-4-5-6-7-8(9)10;1-2-3-4(5)6;;/h2-7H2,1H3,(H,9,10);3H,2H2,1H3,(H,5,6);;/q;-1;;. The van der Waals surface area contributed by atoms with E-state index in [0.717, 1.165) is 12.8 Å². The first-order chi connectivity index (χ1) is 7.54. The molecule has 18 heavy (non-hydrogen) atoms. The molecule has 0 aromatic heterocycles. The zero-order chi connectivity index (χ0) is 12.8. The average molecular weight is 414 g/mol. The van der Waals surface area contributed by atoms with Gasteiger partial charge in [-0.05, 0) is 6.42 Å². The molecule has 0 spiro atoms. The van der Waals surface area contributed by atoms with Crippen molar-refractivity contribution in [1.29, 1.82) is 0 Å². The first-order valence-corrected chi connectivity index (χ1v) is 5.82. The third-order valence-corrected chi connectivity index (χ3v) is 1.87. The van der Waals surface area contributed by atoms with Crippen LogP contribution in [0.1, 0.15) is 58.8 Å². The summed E-state index contributed by atoms with van der Waals surface area (Å²) >= 11 is 0. The Morgan fingerprint density at radius 1 is 0.944 bits per heavy atom. The average Bonchev–Trinajstić information content (AvgIpc) is 2.17. The molecule has 6 heteroatoms. The van der Waals surface area contributed by atoms with Gasteiger partial charge in [0.1, 0.15) is 0 Å². The molecule has 0 aromatic carbocycles. The van der Waals surface area contributed by atoms with Crippen LogP contribution in [0.2, 0.25) is 0 Å². The second kappa shape index (κ2) is 22.7. The molecule has 0 saturated heterocycles. The van der Waals surface area contributed by atoms with Crippen molar-refractivity contribution in [3.63, 3.8) is 0 Å². The smallest absolute Gasteiger partial charge is 0.303 e. The van der Waals surface area contributed by atoms with Gasteiger partial charge < -0.3 is 10.2 Å². The summed E-state index contributed by atoms with van der Waals surface area (Å²) in [5.41, 5.74) is 0. The molecule has 104 valence electrons. The molecule has 0 saturated carbocycles. The van der Waals surface area contributed by atoms with Crippen LogP contribution >= 0.6 is 0 Å². The Kier molecular flexibility index (Phi) is 34.1. The van der Waals surface area contributed by atoms with Crippen molar-refractivity contribution in [3.05, 3.63) is 6.42 Å². The van der Waals surface area contributed by atoms with Crippen molar-refractivity contribution in [1.82, 2.24) is 0 Å². The van der Waals surface area contributed by atoms with Gasteiger partial charge >= 0.3 is 5.97 Å². The molecular weight excluding hydrogens is 391 g/mol. The zero-order valence-electron chi connectivity index (χ0n) is 11.2. The minimum Gasteiger partial charge on any atom is -0.503 e. The van der Waals surface area contributed by atoms with E-state index < -0.39 is 11.9 Å². The molecule has 0 heterocycles. The van der Waals surface area contributed by atoms with Crippen LogP contribution in [0.3, 0.4) is 0 Å². The molecule has 0 bridgehead atoms. The summed E-state index contributed by atoms with van der Waals surface area (Å²) in [6.45, 7) is 3.94. The number of carbonyl (C=O) groups is 2. The van der Waals surface area contributed by atoms with Crippen molar-refractivity contribution in [2.45, 2.75) is 58.8 Å². The van der Waals surface area contributed by atoms with E-state index in [2.05, 4.69) is 6.92 Å².